The van der Waals surface area contributed by atoms with E-state index < -0.39 is 10.1 Å². The highest BCUT2D eigenvalue weighted by molar-refractivity contribution is 8.18. The predicted octanol–water partition coefficient (Wildman–Crippen LogP) is 4.32. The Hall–Kier alpha value is -2.04. The highest BCUT2D eigenvalue weighted by Gasteiger charge is 2.17. The van der Waals surface area contributed by atoms with Crippen molar-refractivity contribution in [3.8, 4) is 6.07 Å². The molecule has 2 rings (SSSR count). The molecule has 0 saturated heterocycles. The van der Waals surface area contributed by atoms with Gasteiger partial charge in [0.2, 0.25) is 0 Å². The van der Waals surface area contributed by atoms with Crippen molar-refractivity contribution in [1.82, 2.24) is 0 Å². The van der Waals surface area contributed by atoms with Gasteiger partial charge in [-0.1, -0.05) is 68.0 Å². The molecule has 0 N–H and O–H groups in total. The predicted molar refractivity (Wildman–Crippen MR) is 99.7 cm³/mol. The van der Waals surface area contributed by atoms with Gasteiger partial charge in [-0.2, -0.15) is 13.7 Å². The molecule has 0 atom stereocenters. The van der Waals surface area contributed by atoms with Gasteiger partial charge in [-0.15, -0.1) is 0 Å². The lowest BCUT2D eigenvalue weighted by atomic mass is 10.1. The van der Waals surface area contributed by atoms with Crippen molar-refractivity contribution in [2.45, 2.75) is 27.2 Å². The third-order valence-corrected chi connectivity index (χ3v) is 4.90. The number of hydrogen-bond donors (Lipinski definition) is 0. The molecule has 0 aromatic heterocycles. The molecule has 1 aromatic rings. The van der Waals surface area contributed by atoms with Crippen LogP contribution in [0.3, 0.4) is 0 Å². The Morgan fingerprint density at radius 2 is 1.92 bits per heavy atom. The van der Waals surface area contributed by atoms with E-state index in [-0.39, 0.29) is 5.75 Å². The monoisotopic (exact) mass is 364 g/mol. The zero-order chi connectivity index (χ0) is 18.0. The molecule has 24 heavy (non-hydrogen) atoms. The zero-order valence-electron chi connectivity index (χ0n) is 13.9. The lowest BCUT2D eigenvalue weighted by Gasteiger charge is -2.02. The Labute approximate surface area is 147 Å². The van der Waals surface area contributed by atoms with E-state index >= 15 is 0 Å². The summed E-state index contributed by atoms with van der Waals surface area (Å²) in [6.45, 7) is 5.75. The molecule has 0 aliphatic carbocycles. The summed E-state index contributed by atoms with van der Waals surface area (Å²) < 4.78 is 27.5. The summed E-state index contributed by atoms with van der Waals surface area (Å²) in [5.41, 5.74) is 1.32. The summed E-state index contributed by atoms with van der Waals surface area (Å²) >= 11 is 1.20. The van der Waals surface area contributed by atoms with Gasteiger partial charge in [0.1, 0.15) is 11.1 Å². The van der Waals surface area contributed by atoms with Crippen LogP contribution in [0.5, 0.6) is 0 Å². The van der Waals surface area contributed by atoms with Crippen LogP contribution in [-0.4, -0.2) is 19.2 Å². The van der Waals surface area contributed by atoms with Gasteiger partial charge < -0.3 is 0 Å². The first kappa shape index (κ1) is 20.0. The highest BCUT2D eigenvalue weighted by atomic mass is 32.2. The van der Waals surface area contributed by atoms with E-state index in [0.29, 0.717) is 21.9 Å². The van der Waals surface area contributed by atoms with Gasteiger partial charge in [0.05, 0.1) is 11.3 Å². The van der Waals surface area contributed by atoms with Crippen LogP contribution in [0.2, 0.25) is 0 Å². The lowest BCUT2D eigenvalue weighted by molar-refractivity contribution is 0.340. The molecule has 7 heteroatoms. The van der Waals surface area contributed by atoms with E-state index in [4.69, 9.17) is 0 Å². The van der Waals surface area contributed by atoms with Gasteiger partial charge in [0.15, 0.2) is 0 Å². The SMILES string of the molecule is CC.CCCS(=O)(=O)ON=C1C=C/C(=C(\C#N)c2ccccc2)S1. The summed E-state index contributed by atoms with van der Waals surface area (Å²) in [6.07, 6.45) is 3.82. The quantitative estimate of drug-likeness (QED) is 0.574. The fourth-order valence-corrected chi connectivity index (χ4v) is 3.41. The maximum Gasteiger partial charge on any atom is 0.328 e. The van der Waals surface area contributed by atoms with E-state index in [1.165, 1.54) is 11.8 Å². The summed E-state index contributed by atoms with van der Waals surface area (Å²) in [6, 6.07) is 11.4. The van der Waals surface area contributed by atoms with Crippen LogP contribution in [0, 0.1) is 11.3 Å². The Kier molecular flexibility index (Phi) is 8.30. The molecule has 0 amide bonds. The molecule has 0 unspecified atom stereocenters. The third-order valence-electron chi connectivity index (χ3n) is 2.71. The molecule has 1 aromatic carbocycles. The van der Waals surface area contributed by atoms with Crippen molar-refractivity contribution in [3.63, 3.8) is 0 Å². The maximum absolute atomic E-state index is 11.5. The topological polar surface area (TPSA) is 79.5 Å². The molecule has 1 heterocycles. The second-order valence-electron chi connectivity index (χ2n) is 4.42. The van der Waals surface area contributed by atoms with Gasteiger partial charge in [-0.3, -0.25) is 4.28 Å². The molecular formula is C17H20N2O3S2. The average molecular weight is 364 g/mol. The lowest BCUT2D eigenvalue weighted by Crippen LogP contribution is -2.06. The average Bonchev–Trinajstić information content (AvgIpc) is 3.05. The Morgan fingerprint density at radius 3 is 2.50 bits per heavy atom. The van der Waals surface area contributed by atoms with Crippen LogP contribution in [0.25, 0.3) is 5.57 Å². The summed E-state index contributed by atoms with van der Waals surface area (Å²) in [7, 11) is -3.63. The highest BCUT2D eigenvalue weighted by Crippen LogP contribution is 2.33. The number of benzene rings is 1. The first-order valence-corrected chi connectivity index (χ1v) is 10.00. The van der Waals surface area contributed by atoms with E-state index in [1.807, 2.05) is 44.2 Å². The Morgan fingerprint density at radius 1 is 1.25 bits per heavy atom. The molecule has 0 spiro atoms. The molecule has 0 saturated carbocycles. The minimum Gasteiger partial charge on any atom is -0.267 e. The first-order chi connectivity index (χ1) is 11.6. The van der Waals surface area contributed by atoms with Crippen LogP contribution in [0.4, 0.5) is 0 Å². The fourth-order valence-electron chi connectivity index (χ4n) is 1.76. The fraction of sp³-hybridized carbons (Fsp3) is 0.294. The first-order valence-electron chi connectivity index (χ1n) is 7.61. The van der Waals surface area contributed by atoms with Crippen molar-refractivity contribution in [3.05, 3.63) is 53.0 Å². The second kappa shape index (κ2) is 9.96. The largest absolute Gasteiger partial charge is 0.328 e. The maximum atomic E-state index is 11.5. The van der Waals surface area contributed by atoms with E-state index in [9.17, 15) is 13.7 Å². The smallest absolute Gasteiger partial charge is 0.267 e. The minimum atomic E-state index is -3.63. The molecule has 0 bridgehead atoms. The molecule has 0 fully saturated rings. The molecule has 1 aliphatic rings. The van der Waals surface area contributed by atoms with Crippen molar-refractivity contribution >= 4 is 32.5 Å². The number of allylic oxidation sites excluding steroid dienone is 2. The van der Waals surface area contributed by atoms with Crippen LogP contribution in [-0.2, 0) is 14.4 Å². The third kappa shape index (κ3) is 5.87. The molecular weight excluding hydrogens is 344 g/mol. The normalized spacial score (nSPS) is 17.0. The van der Waals surface area contributed by atoms with Gasteiger partial charge in [0, 0.05) is 4.91 Å². The van der Waals surface area contributed by atoms with Gasteiger partial charge in [0.25, 0.3) is 0 Å². The number of thioether (sulfide) groups is 1. The molecule has 1 aliphatic heterocycles. The Bertz CT molecular complexity index is 774. The second-order valence-corrected chi connectivity index (χ2v) is 7.15. The van der Waals surface area contributed by atoms with Gasteiger partial charge >= 0.3 is 10.1 Å². The van der Waals surface area contributed by atoms with Crippen LogP contribution >= 0.6 is 11.8 Å². The van der Waals surface area contributed by atoms with Crippen molar-refractivity contribution in [2.24, 2.45) is 5.16 Å². The van der Waals surface area contributed by atoms with Crippen LogP contribution in [0.15, 0.2) is 52.5 Å². The number of nitriles is 1. The Balaban J connectivity index is 0.00000139. The van der Waals surface area contributed by atoms with Crippen molar-refractivity contribution in [1.29, 1.82) is 5.26 Å². The number of oxime groups is 1. The van der Waals surface area contributed by atoms with E-state index in [2.05, 4.69) is 15.5 Å². The van der Waals surface area contributed by atoms with Crippen molar-refractivity contribution < 1.29 is 12.7 Å². The zero-order valence-corrected chi connectivity index (χ0v) is 15.5. The number of rotatable bonds is 5. The summed E-state index contributed by atoms with van der Waals surface area (Å²) in [5.74, 6) is -0.0751. The van der Waals surface area contributed by atoms with Gasteiger partial charge in [-0.05, 0) is 24.1 Å². The van der Waals surface area contributed by atoms with Gasteiger partial charge in [-0.25, -0.2) is 0 Å². The summed E-state index contributed by atoms with van der Waals surface area (Å²) in [4.78, 5) is 0.712. The number of nitrogens with zero attached hydrogens (tertiary/aromatic N) is 2. The van der Waals surface area contributed by atoms with Crippen LogP contribution in [0.1, 0.15) is 32.8 Å². The number of hydrogen-bond acceptors (Lipinski definition) is 6. The van der Waals surface area contributed by atoms with Crippen LogP contribution < -0.4 is 0 Å². The van der Waals surface area contributed by atoms with E-state index in [0.717, 1.165) is 5.56 Å². The molecule has 5 nitrogen and oxygen atoms in total. The van der Waals surface area contributed by atoms with Crippen molar-refractivity contribution in [2.75, 3.05) is 5.75 Å². The molecule has 0 radical (unpaired) electrons. The molecule has 128 valence electrons. The summed E-state index contributed by atoms with van der Waals surface area (Å²) in [5, 5.41) is 13.4. The van der Waals surface area contributed by atoms with E-state index in [1.54, 1.807) is 19.1 Å². The minimum absolute atomic E-state index is 0.0751. The standard InChI is InChI=1S/C15H14N2O3S2.C2H6/c1-2-10-22(18,19)20-17-15-9-8-14(21-15)13(11-16)12-6-4-3-5-7-12;1-2/h3-9H,2,10H2,1H3;1-2H3/b14-13-,17-15?;.